The van der Waals surface area contributed by atoms with Gasteiger partial charge in [-0.05, 0) is 5.56 Å². The van der Waals surface area contributed by atoms with Gasteiger partial charge in [-0.15, -0.1) is 0 Å². The zero-order valence-electron chi connectivity index (χ0n) is 8.36. The third-order valence-corrected chi connectivity index (χ3v) is 2.65. The van der Waals surface area contributed by atoms with Gasteiger partial charge in [0.05, 0.1) is 23.9 Å². The van der Waals surface area contributed by atoms with Gasteiger partial charge < -0.3 is 15.6 Å². The molecule has 0 unspecified atom stereocenters. The minimum atomic E-state index is -0.00234. The number of hydrogen-bond donors (Lipinski definition) is 2. The van der Waals surface area contributed by atoms with E-state index >= 15 is 0 Å². The summed E-state index contributed by atoms with van der Waals surface area (Å²) in [5, 5.41) is 6.45. The summed E-state index contributed by atoms with van der Waals surface area (Å²) >= 11 is 0. The molecule has 1 aromatic carbocycles. The molecule has 0 bridgehead atoms. The van der Waals surface area contributed by atoms with Crippen molar-refractivity contribution in [3.05, 3.63) is 30.0 Å². The quantitative estimate of drug-likeness (QED) is 0.753. The molecule has 5 nitrogen and oxygen atoms in total. The first-order valence-corrected chi connectivity index (χ1v) is 4.88. The standard InChI is InChI=1S/C11H9N3O2/c12-11-8(5-13-16-11)7-3-1-2-6-4-9(15)14-10(6)7/h1-3,5H,4,12H2,(H,14,15). The second-order valence-electron chi connectivity index (χ2n) is 3.67. The smallest absolute Gasteiger partial charge is 0.230 e. The van der Waals surface area contributed by atoms with Gasteiger partial charge in [-0.3, -0.25) is 4.79 Å². The van der Waals surface area contributed by atoms with Crippen molar-refractivity contribution in [3.8, 4) is 11.1 Å². The number of anilines is 2. The highest BCUT2D eigenvalue weighted by Gasteiger charge is 2.22. The molecule has 1 aromatic heterocycles. The highest BCUT2D eigenvalue weighted by atomic mass is 16.5. The maximum Gasteiger partial charge on any atom is 0.230 e. The zero-order chi connectivity index (χ0) is 11.1. The van der Waals surface area contributed by atoms with E-state index < -0.39 is 0 Å². The highest BCUT2D eigenvalue weighted by molar-refractivity contribution is 6.04. The number of benzene rings is 1. The highest BCUT2D eigenvalue weighted by Crippen LogP contribution is 2.36. The van der Waals surface area contributed by atoms with Crippen LogP contribution in [0.2, 0.25) is 0 Å². The third-order valence-electron chi connectivity index (χ3n) is 2.65. The number of nitrogens with zero attached hydrogens (tertiary/aromatic N) is 1. The molecule has 0 saturated carbocycles. The molecular weight excluding hydrogens is 206 g/mol. The molecule has 16 heavy (non-hydrogen) atoms. The van der Waals surface area contributed by atoms with Gasteiger partial charge in [0.1, 0.15) is 0 Å². The van der Waals surface area contributed by atoms with Crippen molar-refractivity contribution in [2.75, 3.05) is 11.1 Å². The minimum absolute atomic E-state index is 0.00234. The summed E-state index contributed by atoms with van der Waals surface area (Å²) in [6.07, 6.45) is 1.96. The first kappa shape index (κ1) is 8.96. The van der Waals surface area contributed by atoms with E-state index in [9.17, 15) is 4.79 Å². The number of nitrogens with two attached hydrogens (primary N) is 1. The fraction of sp³-hybridized carbons (Fsp3) is 0.0909. The topological polar surface area (TPSA) is 81.2 Å². The van der Waals surface area contributed by atoms with Crippen LogP contribution in [0, 0.1) is 0 Å². The Morgan fingerprint density at radius 3 is 3.00 bits per heavy atom. The van der Waals surface area contributed by atoms with E-state index in [2.05, 4.69) is 10.5 Å². The molecule has 5 heteroatoms. The van der Waals surface area contributed by atoms with E-state index in [0.29, 0.717) is 12.0 Å². The predicted molar refractivity (Wildman–Crippen MR) is 58.7 cm³/mol. The normalized spacial score (nSPS) is 13.6. The lowest BCUT2D eigenvalue weighted by molar-refractivity contribution is -0.115. The maximum atomic E-state index is 11.3. The van der Waals surface area contributed by atoms with E-state index in [0.717, 1.165) is 16.8 Å². The van der Waals surface area contributed by atoms with Gasteiger partial charge in [-0.25, -0.2) is 0 Å². The van der Waals surface area contributed by atoms with Gasteiger partial charge in [0.2, 0.25) is 11.8 Å². The number of aromatic nitrogens is 1. The van der Waals surface area contributed by atoms with Crippen molar-refractivity contribution in [2.24, 2.45) is 0 Å². The molecule has 2 aromatic rings. The summed E-state index contributed by atoms with van der Waals surface area (Å²) in [4.78, 5) is 11.3. The minimum Gasteiger partial charge on any atom is -0.367 e. The van der Waals surface area contributed by atoms with E-state index in [4.69, 9.17) is 10.3 Å². The Morgan fingerprint density at radius 1 is 1.38 bits per heavy atom. The van der Waals surface area contributed by atoms with Crippen LogP contribution in [0.3, 0.4) is 0 Å². The largest absolute Gasteiger partial charge is 0.367 e. The molecule has 0 fully saturated rings. The fourth-order valence-corrected chi connectivity index (χ4v) is 1.93. The Morgan fingerprint density at radius 2 is 2.25 bits per heavy atom. The molecule has 3 N–H and O–H groups in total. The number of nitrogens with one attached hydrogen (secondary N) is 1. The average Bonchev–Trinajstić information content (AvgIpc) is 2.82. The van der Waals surface area contributed by atoms with Crippen molar-refractivity contribution >= 4 is 17.5 Å². The second kappa shape index (κ2) is 3.10. The number of hydrogen-bond acceptors (Lipinski definition) is 4. The first-order valence-electron chi connectivity index (χ1n) is 4.88. The number of amides is 1. The van der Waals surface area contributed by atoms with Gasteiger partial charge in [-0.2, -0.15) is 0 Å². The Kier molecular flexibility index (Phi) is 1.73. The number of rotatable bonds is 1. The molecule has 80 valence electrons. The van der Waals surface area contributed by atoms with Gasteiger partial charge in [0.15, 0.2) is 0 Å². The monoisotopic (exact) mass is 215 g/mol. The van der Waals surface area contributed by atoms with Crippen LogP contribution in [-0.2, 0) is 11.2 Å². The lowest BCUT2D eigenvalue weighted by atomic mass is 10.0. The van der Waals surface area contributed by atoms with Crippen LogP contribution in [-0.4, -0.2) is 11.1 Å². The molecule has 0 aliphatic carbocycles. The van der Waals surface area contributed by atoms with E-state index in [1.54, 1.807) is 6.20 Å². The summed E-state index contributed by atoms with van der Waals surface area (Å²) < 4.78 is 4.82. The van der Waals surface area contributed by atoms with Crippen molar-refractivity contribution in [1.29, 1.82) is 0 Å². The van der Waals surface area contributed by atoms with Gasteiger partial charge in [0.25, 0.3) is 0 Å². The van der Waals surface area contributed by atoms with Crippen LogP contribution in [0.5, 0.6) is 0 Å². The van der Waals surface area contributed by atoms with Gasteiger partial charge in [0, 0.05) is 5.56 Å². The Balaban J connectivity index is 2.21. The lowest BCUT2D eigenvalue weighted by Crippen LogP contribution is -2.04. The summed E-state index contributed by atoms with van der Waals surface area (Å²) in [5.74, 6) is 0.257. The van der Waals surface area contributed by atoms with Crippen molar-refractivity contribution in [2.45, 2.75) is 6.42 Å². The molecule has 2 heterocycles. The third kappa shape index (κ3) is 1.18. The number of fused-ring (bicyclic) bond motifs is 1. The van der Waals surface area contributed by atoms with E-state index in [-0.39, 0.29) is 11.8 Å². The Labute approximate surface area is 91.2 Å². The SMILES string of the molecule is Nc1oncc1-c1cccc2c1NC(=O)C2. The molecule has 0 radical (unpaired) electrons. The number of nitrogen functional groups attached to an aromatic ring is 1. The summed E-state index contributed by atoms with van der Waals surface area (Å²) in [6.45, 7) is 0. The molecule has 1 aliphatic rings. The fourth-order valence-electron chi connectivity index (χ4n) is 1.93. The number of carbonyl (C=O) groups is 1. The molecule has 0 spiro atoms. The molecular formula is C11H9N3O2. The van der Waals surface area contributed by atoms with Crippen LogP contribution < -0.4 is 11.1 Å². The lowest BCUT2D eigenvalue weighted by Gasteiger charge is -2.05. The van der Waals surface area contributed by atoms with Gasteiger partial charge >= 0.3 is 0 Å². The Hall–Kier alpha value is -2.30. The summed E-state index contributed by atoms with van der Waals surface area (Å²) in [6, 6.07) is 5.69. The number of para-hydroxylation sites is 1. The van der Waals surface area contributed by atoms with E-state index in [1.165, 1.54) is 0 Å². The molecule has 3 rings (SSSR count). The van der Waals surface area contributed by atoms with Crippen LogP contribution >= 0.6 is 0 Å². The molecule has 1 amide bonds. The average molecular weight is 215 g/mol. The molecule has 1 aliphatic heterocycles. The Bertz CT molecular complexity index is 574. The van der Waals surface area contributed by atoms with Crippen molar-refractivity contribution < 1.29 is 9.32 Å². The summed E-state index contributed by atoms with van der Waals surface area (Å²) in [7, 11) is 0. The molecule has 0 atom stereocenters. The van der Waals surface area contributed by atoms with E-state index in [1.807, 2.05) is 18.2 Å². The van der Waals surface area contributed by atoms with Crippen LogP contribution in [0.25, 0.3) is 11.1 Å². The van der Waals surface area contributed by atoms with Crippen LogP contribution in [0.1, 0.15) is 5.56 Å². The number of carbonyl (C=O) groups excluding carboxylic acids is 1. The maximum absolute atomic E-state index is 11.3. The van der Waals surface area contributed by atoms with Crippen LogP contribution in [0.15, 0.2) is 28.9 Å². The van der Waals surface area contributed by atoms with Crippen molar-refractivity contribution in [3.63, 3.8) is 0 Å². The first-order chi connectivity index (χ1) is 7.75. The predicted octanol–water partition coefficient (Wildman–Crippen LogP) is 1.42. The second-order valence-corrected chi connectivity index (χ2v) is 3.67. The summed E-state index contributed by atoms with van der Waals surface area (Å²) in [5.41, 5.74) is 9.00. The van der Waals surface area contributed by atoms with Gasteiger partial charge in [-0.1, -0.05) is 23.4 Å². The molecule has 0 saturated heterocycles. The van der Waals surface area contributed by atoms with Crippen molar-refractivity contribution in [1.82, 2.24) is 5.16 Å². The zero-order valence-corrected chi connectivity index (χ0v) is 8.36. The van der Waals surface area contributed by atoms with Crippen LogP contribution in [0.4, 0.5) is 11.6 Å².